The normalized spacial score (nSPS) is 11.1. The van der Waals surface area contributed by atoms with Crippen molar-refractivity contribution in [2.45, 2.75) is 25.2 Å². The van der Waals surface area contributed by atoms with Gasteiger partial charge in [-0.15, -0.1) is 0 Å². The van der Waals surface area contributed by atoms with Gasteiger partial charge in [0.25, 0.3) is 9.05 Å². The molecule has 15 heavy (non-hydrogen) atoms. The predicted molar refractivity (Wildman–Crippen MR) is 58.3 cm³/mol. The lowest BCUT2D eigenvalue weighted by molar-refractivity contribution is 0.609. The molecule has 0 spiro atoms. The fraction of sp³-hybridized carbons (Fsp3) is 0.300. The highest BCUT2D eigenvalue weighted by atomic mass is 35.7. The van der Waals surface area contributed by atoms with Crippen LogP contribution in [0.4, 0.5) is 0 Å². The highest BCUT2D eigenvalue weighted by molar-refractivity contribution is 8.13. The third kappa shape index (κ3) is 2.49. The first-order valence-corrected chi connectivity index (χ1v) is 6.69. The predicted octanol–water partition coefficient (Wildman–Crippen LogP) is 2.36. The Morgan fingerprint density at radius 1 is 1.47 bits per heavy atom. The molecule has 3 nitrogen and oxygen atoms in total. The number of nitriles is 1. The molecule has 0 radical (unpaired) electrons. The van der Waals surface area contributed by atoms with Crippen molar-refractivity contribution in [2.75, 3.05) is 0 Å². The number of nitrogens with zero attached hydrogens (tertiary/aromatic N) is 1. The van der Waals surface area contributed by atoms with Crippen LogP contribution < -0.4 is 0 Å². The van der Waals surface area contributed by atoms with E-state index in [0.29, 0.717) is 0 Å². The largest absolute Gasteiger partial charge is 0.262 e. The Hall–Kier alpha value is -1.05. The number of rotatable bonds is 2. The van der Waals surface area contributed by atoms with Gasteiger partial charge in [0.05, 0.1) is 5.56 Å². The number of hydrogen-bond acceptors (Lipinski definition) is 3. The van der Waals surface area contributed by atoms with Gasteiger partial charge in [0.15, 0.2) is 0 Å². The first kappa shape index (κ1) is 12.0. The molecule has 80 valence electrons. The fourth-order valence-electron chi connectivity index (χ4n) is 1.40. The minimum absolute atomic E-state index is 0.104. The summed E-state index contributed by atoms with van der Waals surface area (Å²) in [4.78, 5) is -0.110. The SMILES string of the molecule is CCc1cc(C#N)c(S(=O)(=O)Cl)cc1C. The quantitative estimate of drug-likeness (QED) is 0.750. The van der Waals surface area contributed by atoms with E-state index >= 15 is 0 Å². The Kier molecular flexibility index (Phi) is 3.38. The molecule has 0 atom stereocenters. The van der Waals surface area contributed by atoms with Crippen LogP contribution in [0.3, 0.4) is 0 Å². The van der Waals surface area contributed by atoms with Crippen molar-refractivity contribution in [1.29, 1.82) is 5.26 Å². The van der Waals surface area contributed by atoms with Gasteiger partial charge in [0.1, 0.15) is 11.0 Å². The summed E-state index contributed by atoms with van der Waals surface area (Å²) in [6.45, 7) is 3.74. The summed E-state index contributed by atoms with van der Waals surface area (Å²) in [5.41, 5.74) is 1.89. The molecule has 0 saturated heterocycles. The summed E-state index contributed by atoms with van der Waals surface area (Å²) >= 11 is 0. The molecule has 0 aliphatic carbocycles. The third-order valence-corrected chi connectivity index (χ3v) is 3.56. The van der Waals surface area contributed by atoms with Crippen LogP contribution in [0.25, 0.3) is 0 Å². The van der Waals surface area contributed by atoms with Crippen LogP contribution in [0.15, 0.2) is 17.0 Å². The molecule has 5 heteroatoms. The van der Waals surface area contributed by atoms with Gasteiger partial charge in [-0.05, 0) is 36.6 Å². The number of halogens is 1. The molecule has 1 rings (SSSR count). The molecule has 0 saturated carbocycles. The van der Waals surface area contributed by atoms with Crippen molar-refractivity contribution in [2.24, 2.45) is 0 Å². The second-order valence-electron chi connectivity index (χ2n) is 3.18. The van der Waals surface area contributed by atoms with Crippen molar-refractivity contribution in [1.82, 2.24) is 0 Å². The Balaban J connectivity index is 3.57. The Labute approximate surface area is 93.7 Å². The zero-order valence-corrected chi connectivity index (χ0v) is 9.98. The van der Waals surface area contributed by atoms with E-state index in [-0.39, 0.29) is 10.5 Å². The van der Waals surface area contributed by atoms with Crippen molar-refractivity contribution < 1.29 is 8.42 Å². The van der Waals surface area contributed by atoms with Gasteiger partial charge in [-0.1, -0.05) is 6.92 Å². The topological polar surface area (TPSA) is 57.9 Å². The van der Waals surface area contributed by atoms with Gasteiger partial charge in [-0.2, -0.15) is 5.26 Å². The van der Waals surface area contributed by atoms with Crippen molar-refractivity contribution in [3.05, 3.63) is 28.8 Å². The zero-order chi connectivity index (χ0) is 11.6. The van der Waals surface area contributed by atoms with Crippen LogP contribution in [0.1, 0.15) is 23.6 Å². The Bertz CT molecular complexity index is 529. The number of hydrogen-bond donors (Lipinski definition) is 0. The summed E-state index contributed by atoms with van der Waals surface area (Å²) in [5.74, 6) is 0. The molecule has 0 heterocycles. The minimum atomic E-state index is -3.84. The van der Waals surface area contributed by atoms with Crippen LogP contribution in [-0.4, -0.2) is 8.42 Å². The molecule has 0 aliphatic heterocycles. The average Bonchev–Trinajstić information content (AvgIpc) is 2.16. The van der Waals surface area contributed by atoms with Crippen LogP contribution in [-0.2, 0) is 15.5 Å². The highest BCUT2D eigenvalue weighted by Crippen LogP contribution is 2.23. The number of aryl methyl sites for hydroxylation is 2. The second-order valence-corrected chi connectivity index (χ2v) is 5.71. The van der Waals surface area contributed by atoms with Gasteiger partial charge < -0.3 is 0 Å². The lowest BCUT2D eigenvalue weighted by Crippen LogP contribution is -1.99. The third-order valence-electron chi connectivity index (χ3n) is 2.20. The first-order valence-electron chi connectivity index (χ1n) is 4.38. The summed E-state index contributed by atoms with van der Waals surface area (Å²) in [5, 5.41) is 8.82. The smallest absolute Gasteiger partial charge is 0.207 e. The monoisotopic (exact) mass is 243 g/mol. The summed E-state index contributed by atoms with van der Waals surface area (Å²) in [7, 11) is 1.39. The molecule has 0 aromatic heterocycles. The molecule has 0 N–H and O–H groups in total. The standard InChI is InChI=1S/C10H10ClNO2S/c1-3-8-5-9(6-12)10(4-7(8)2)15(11,13)14/h4-5H,3H2,1-2H3. The Morgan fingerprint density at radius 2 is 2.07 bits per heavy atom. The van der Waals surface area contributed by atoms with E-state index in [1.807, 2.05) is 13.0 Å². The number of benzene rings is 1. The van der Waals surface area contributed by atoms with Crippen molar-refractivity contribution in [3.63, 3.8) is 0 Å². The van der Waals surface area contributed by atoms with E-state index in [2.05, 4.69) is 0 Å². The maximum atomic E-state index is 11.2. The Morgan fingerprint density at radius 3 is 2.47 bits per heavy atom. The van der Waals surface area contributed by atoms with E-state index in [4.69, 9.17) is 15.9 Å². The molecular formula is C10H10ClNO2S. The maximum Gasteiger partial charge on any atom is 0.262 e. The van der Waals surface area contributed by atoms with Gasteiger partial charge in [-0.3, -0.25) is 0 Å². The van der Waals surface area contributed by atoms with Crippen molar-refractivity contribution >= 4 is 19.7 Å². The van der Waals surface area contributed by atoms with E-state index in [1.165, 1.54) is 6.07 Å². The van der Waals surface area contributed by atoms with E-state index in [9.17, 15) is 8.42 Å². The lowest BCUT2D eigenvalue weighted by Gasteiger charge is -2.06. The average molecular weight is 244 g/mol. The van der Waals surface area contributed by atoms with E-state index < -0.39 is 9.05 Å². The molecule has 0 aliphatic rings. The molecule has 0 amide bonds. The van der Waals surface area contributed by atoms with Gasteiger partial charge in [0.2, 0.25) is 0 Å². The molecule has 0 fully saturated rings. The summed E-state index contributed by atoms with van der Waals surface area (Å²) in [6.07, 6.45) is 0.753. The van der Waals surface area contributed by atoms with E-state index in [0.717, 1.165) is 17.5 Å². The highest BCUT2D eigenvalue weighted by Gasteiger charge is 2.17. The summed E-state index contributed by atoms with van der Waals surface area (Å²) < 4.78 is 22.4. The fourth-order valence-corrected chi connectivity index (χ4v) is 2.46. The van der Waals surface area contributed by atoms with Gasteiger partial charge in [-0.25, -0.2) is 8.42 Å². The van der Waals surface area contributed by atoms with Gasteiger partial charge in [0, 0.05) is 10.7 Å². The van der Waals surface area contributed by atoms with E-state index in [1.54, 1.807) is 13.0 Å². The van der Waals surface area contributed by atoms with Crippen LogP contribution >= 0.6 is 10.7 Å². The van der Waals surface area contributed by atoms with Crippen LogP contribution in [0, 0.1) is 18.3 Å². The molecule has 1 aromatic carbocycles. The second kappa shape index (κ2) is 4.21. The van der Waals surface area contributed by atoms with Crippen LogP contribution in [0.2, 0.25) is 0 Å². The maximum absolute atomic E-state index is 11.2. The zero-order valence-electron chi connectivity index (χ0n) is 8.41. The molecule has 1 aromatic rings. The summed E-state index contributed by atoms with van der Waals surface area (Å²) in [6, 6.07) is 4.86. The van der Waals surface area contributed by atoms with Crippen LogP contribution in [0.5, 0.6) is 0 Å². The van der Waals surface area contributed by atoms with Crippen molar-refractivity contribution in [3.8, 4) is 6.07 Å². The lowest BCUT2D eigenvalue weighted by atomic mass is 10.0. The minimum Gasteiger partial charge on any atom is -0.207 e. The molecule has 0 bridgehead atoms. The molecular weight excluding hydrogens is 234 g/mol. The van der Waals surface area contributed by atoms with Gasteiger partial charge >= 0.3 is 0 Å². The molecule has 0 unspecified atom stereocenters. The first-order chi connectivity index (χ1) is 6.90.